The molecular formula is C30H38N2O6. The molecule has 2 heterocycles. The highest BCUT2D eigenvalue weighted by atomic mass is 16.5. The van der Waals surface area contributed by atoms with Crippen LogP contribution in [0.4, 0.5) is 0 Å². The molecule has 8 nitrogen and oxygen atoms in total. The normalized spacial score (nSPS) is 19.6. The van der Waals surface area contributed by atoms with Crippen molar-refractivity contribution in [1.82, 2.24) is 9.80 Å². The smallest absolute Gasteiger partial charge is 0.295 e. The minimum Gasteiger partial charge on any atom is -0.507 e. The highest BCUT2D eigenvalue weighted by Gasteiger charge is 2.46. The zero-order valence-corrected chi connectivity index (χ0v) is 22.4. The van der Waals surface area contributed by atoms with Gasteiger partial charge in [0.2, 0.25) is 0 Å². The Morgan fingerprint density at radius 3 is 2.42 bits per heavy atom. The molecule has 2 aromatic rings. The number of carbonyl (C=O) groups excluding carboxylic acids is 2. The monoisotopic (exact) mass is 522 g/mol. The molecule has 0 aromatic heterocycles. The van der Waals surface area contributed by atoms with Gasteiger partial charge in [0.1, 0.15) is 17.3 Å². The van der Waals surface area contributed by atoms with Crippen LogP contribution in [0.1, 0.15) is 50.3 Å². The summed E-state index contributed by atoms with van der Waals surface area (Å²) in [5.41, 5.74) is 1.22. The maximum Gasteiger partial charge on any atom is 0.295 e. The van der Waals surface area contributed by atoms with Crippen molar-refractivity contribution in [2.75, 3.05) is 52.6 Å². The van der Waals surface area contributed by atoms with Gasteiger partial charge >= 0.3 is 0 Å². The van der Waals surface area contributed by atoms with Crippen molar-refractivity contribution in [3.8, 4) is 11.5 Å². The summed E-state index contributed by atoms with van der Waals surface area (Å²) in [5.74, 6) is -0.212. The van der Waals surface area contributed by atoms with E-state index in [9.17, 15) is 14.7 Å². The molecule has 2 aliphatic heterocycles. The molecule has 1 atom stereocenters. The molecule has 204 valence electrons. The number of ether oxygens (including phenoxy) is 3. The zero-order chi connectivity index (χ0) is 26.9. The number of carbonyl (C=O) groups is 2. The number of unbranched alkanes of at least 4 members (excludes halogenated alkanes) is 1. The average Bonchev–Trinajstić information content (AvgIpc) is 3.19. The fourth-order valence-corrected chi connectivity index (χ4v) is 4.92. The Hall–Kier alpha value is -3.36. The molecule has 4 rings (SSSR count). The quantitative estimate of drug-likeness (QED) is 0.191. The molecule has 0 aliphatic carbocycles. The van der Waals surface area contributed by atoms with Gasteiger partial charge in [-0.1, -0.05) is 31.5 Å². The molecular weight excluding hydrogens is 484 g/mol. The van der Waals surface area contributed by atoms with Crippen LogP contribution in [0, 0.1) is 0 Å². The van der Waals surface area contributed by atoms with E-state index < -0.39 is 17.7 Å². The number of rotatable bonds is 12. The van der Waals surface area contributed by atoms with Crippen LogP contribution in [-0.4, -0.2) is 79.2 Å². The molecule has 38 heavy (non-hydrogen) atoms. The number of hydrogen-bond donors (Lipinski definition) is 1. The average molecular weight is 523 g/mol. The highest BCUT2D eigenvalue weighted by Crippen LogP contribution is 2.42. The maximum absolute atomic E-state index is 13.4. The predicted molar refractivity (Wildman–Crippen MR) is 145 cm³/mol. The van der Waals surface area contributed by atoms with Gasteiger partial charge in [-0.25, -0.2) is 0 Å². The first-order valence-corrected chi connectivity index (χ1v) is 13.6. The van der Waals surface area contributed by atoms with Gasteiger partial charge in [-0.05, 0) is 50.1 Å². The molecule has 0 saturated carbocycles. The van der Waals surface area contributed by atoms with Crippen LogP contribution >= 0.6 is 0 Å². The number of hydrogen-bond acceptors (Lipinski definition) is 7. The van der Waals surface area contributed by atoms with Gasteiger partial charge < -0.3 is 24.2 Å². The molecule has 1 N–H and O–H groups in total. The van der Waals surface area contributed by atoms with Crippen LogP contribution in [0.3, 0.4) is 0 Å². The first kappa shape index (κ1) is 27.7. The third-order valence-corrected chi connectivity index (χ3v) is 6.92. The second-order valence-electron chi connectivity index (χ2n) is 9.50. The van der Waals surface area contributed by atoms with E-state index in [4.69, 9.17) is 14.2 Å². The van der Waals surface area contributed by atoms with Gasteiger partial charge in [-0.3, -0.25) is 14.5 Å². The Morgan fingerprint density at radius 2 is 1.71 bits per heavy atom. The Labute approximate surface area is 224 Å². The van der Waals surface area contributed by atoms with Crippen molar-refractivity contribution in [3.05, 3.63) is 65.2 Å². The summed E-state index contributed by atoms with van der Waals surface area (Å²) in [6.45, 7) is 9.34. The van der Waals surface area contributed by atoms with E-state index in [1.165, 1.54) is 0 Å². The largest absolute Gasteiger partial charge is 0.507 e. The Bertz CT molecular complexity index is 1120. The van der Waals surface area contributed by atoms with E-state index in [2.05, 4.69) is 11.8 Å². The lowest BCUT2D eigenvalue weighted by Gasteiger charge is -2.29. The lowest BCUT2D eigenvalue weighted by Crippen LogP contribution is -2.39. The predicted octanol–water partition coefficient (Wildman–Crippen LogP) is 4.41. The van der Waals surface area contributed by atoms with Gasteiger partial charge in [0.05, 0.1) is 38.0 Å². The molecule has 2 fully saturated rings. The van der Waals surface area contributed by atoms with Crippen LogP contribution in [0.5, 0.6) is 11.5 Å². The fraction of sp³-hybridized carbons (Fsp3) is 0.467. The van der Waals surface area contributed by atoms with E-state index >= 15 is 0 Å². The minimum atomic E-state index is -0.747. The van der Waals surface area contributed by atoms with Gasteiger partial charge in [0, 0.05) is 37.3 Å². The number of benzene rings is 2. The first-order valence-electron chi connectivity index (χ1n) is 13.6. The minimum absolute atomic E-state index is 0.0770. The number of para-hydroxylation sites is 1. The van der Waals surface area contributed by atoms with Crippen molar-refractivity contribution in [3.63, 3.8) is 0 Å². The highest BCUT2D eigenvalue weighted by molar-refractivity contribution is 6.46. The standard InChI is InChI=1S/C30H38N2O6/c1-3-5-19-38-23-13-11-22(12-14-23)28(33)26-27(24-9-6-7-10-25(24)37-4-2)32(30(35)29(26)34)16-8-15-31-17-20-36-21-18-31/h6-7,9-14,27,33H,3-5,8,15-21H2,1-2H3/b28-26+. The number of morpholine rings is 1. The SMILES string of the molecule is CCCCOc1ccc(/C(O)=C2\C(=O)C(=O)N(CCCN3CCOCC3)C2c2ccccc2OCC)cc1. The maximum atomic E-state index is 13.4. The number of nitrogens with zero attached hydrogens (tertiary/aromatic N) is 2. The van der Waals surface area contributed by atoms with Gasteiger partial charge in [0.25, 0.3) is 11.7 Å². The molecule has 2 aliphatic rings. The number of amides is 1. The van der Waals surface area contributed by atoms with Crippen LogP contribution in [-0.2, 0) is 14.3 Å². The second-order valence-corrected chi connectivity index (χ2v) is 9.50. The molecule has 2 saturated heterocycles. The van der Waals surface area contributed by atoms with Crippen LogP contribution in [0.15, 0.2) is 54.1 Å². The number of ketones is 1. The third kappa shape index (κ3) is 6.37. The van der Waals surface area contributed by atoms with Gasteiger partial charge in [-0.15, -0.1) is 0 Å². The van der Waals surface area contributed by atoms with Crippen LogP contribution in [0.2, 0.25) is 0 Å². The molecule has 1 unspecified atom stereocenters. The summed E-state index contributed by atoms with van der Waals surface area (Å²) in [6.07, 6.45) is 2.69. The lowest BCUT2D eigenvalue weighted by molar-refractivity contribution is -0.140. The summed E-state index contributed by atoms with van der Waals surface area (Å²) < 4.78 is 17.0. The lowest BCUT2D eigenvalue weighted by atomic mass is 9.94. The summed E-state index contributed by atoms with van der Waals surface area (Å²) in [7, 11) is 0. The van der Waals surface area contributed by atoms with E-state index in [0.717, 1.165) is 32.5 Å². The molecule has 0 bridgehead atoms. The van der Waals surface area contributed by atoms with Gasteiger partial charge in [-0.2, -0.15) is 0 Å². The second kappa shape index (κ2) is 13.4. The molecule has 2 aromatic carbocycles. The Morgan fingerprint density at radius 1 is 0.974 bits per heavy atom. The number of Topliss-reactive ketones (excluding diaryl/α,β-unsaturated/α-hetero) is 1. The van der Waals surface area contributed by atoms with E-state index in [1.807, 2.05) is 31.2 Å². The van der Waals surface area contributed by atoms with E-state index in [1.54, 1.807) is 29.2 Å². The third-order valence-electron chi connectivity index (χ3n) is 6.92. The molecule has 8 heteroatoms. The summed E-state index contributed by atoms with van der Waals surface area (Å²) >= 11 is 0. The van der Waals surface area contributed by atoms with Crippen molar-refractivity contribution in [2.24, 2.45) is 0 Å². The molecule has 0 spiro atoms. The van der Waals surface area contributed by atoms with Crippen molar-refractivity contribution in [2.45, 2.75) is 39.2 Å². The molecule has 0 radical (unpaired) electrons. The number of aliphatic hydroxyl groups excluding tert-OH is 1. The van der Waals surface area contributed by atoms with Crippen molar-refractivity contribution in [1.29, 1.82) is 0 Å². The van der Waals surface area contributed by atoms with Gasteiger partial charge in [0.15, 0.2) is 0 Å². The topological polar surface area (TPSA) is 88.5 Å². The Kier molecular flexibility index (Phi) is 9.79. The van der Waals surface area contributed by atoms with E-state index in [0.29, 0.717) is 62.0 Å². The first-order chi connectivity index (χ1) is 18.5. The summed E-state index contributed by atoms with van der Waals surface area (Å²) in [5, 5.41) is 11.4. The van der Waals surface area contributed by atoms with Crippen molar-refractivity contribution < 1.29 is 28.9 Å². The van der Waals surface area contributed by atoms with Crippen molar-refractivity contribution >= 4 is 17.4 Å². The summed E-state index contributed by atoms with van der Waals surface area (Å²) in [4.78, 5) is 30.6. The summed E-state index contributed by atoms with van der Waals surface area (Å²) in [6, 6.07) is 13.6. The number of likely N-dealkylation sites (tertiary alicyclic amines) is 1. The van der Waals surface area contributed by atoms with Crippen LogP contribution in [0.25, 0.3) is 5.76 Å². The van der Waals surface area contributed by atoms with Crippen LogP contribution < -0.4 is 9.47 Å². The number of aliphatic hydroxyl groups is 1. The Balaban J connectivity index is 1.66. The zero-order valence-electron chi connectivity index (χ0n) is 22.4. The fourth-order valence-electron chi connectivity index (χ4n) is 4.92. The van der Waals surface area contributed by atoms with E-state index in [-0.39, 0.29) is 11.3 Å². The molecule has 1 amide bonds.